The Balaban J connectivity index is 0.000000371. The van der Waals surface area contributed by atoms with Crippen LogP contribution >= 0.6 is 0 Å². The molecule has 0 aromatic carbocycles. The summed E-state index contributed by atoms with van der Waals surface area (Å²) in [6.45, 7) is 6.16. The lowest BCUT2D eigenvalue weighted by Crippen LogP contribution is -2.25. The van der Waals surface area contributed by atoms with E-state index in [0.717, 1.165) is 5.84 Å². The number of amides is 1. The van der Waals surface area contributed by atoms with Crippen LogP contribution in [0.4, 0.5) is 0 Å². The second-order valence-electron chi connectivity index (χ2n) is 1.82. The van der Waals surface area contributed by atoms with Crippen molar-refractivity contribution in [1.82, 2.24) is 4.90 Å². The molecule has 0 atom stereocenters. The number of likely N-dealkylation sites (N-methyl/N-ethyl adjacent to an activating group) is 1. The first-order valence-electron chi connectivity index (χ1n) is 3.49. The van der Waals surface area contributed by atoms with Crippen molar-refractivity contribution in [3.05, 3.63) is 0 Å². The number of nitrogens with zero attached hydrogens (tertiary/aromatic N) is 2. The Morgan fingerprint density at radius 3 is 2.10 bits per heavy atom. The molecule has 0 radical (unpaired) electrons. The van der Waals surface area contributed by atoms with Crippen molar-refractivity contribution in [2.45, 2.75) is 20.8 Å². The van der Waals surface area contributed by atoms with Crippen LogP contribution in [-0.4, -0.2) is 30.2 Å². The van der Waals surface area contributed by atoms with Gasteiger partial charge in [0.25, 0.3) is 0 Å². The third kappa shape index (κ3) is 1.83. The fraction of sp³-hybridized carbons (Fsp3) is 0.714. The van der Waals surface area contributed by atoms with Crippen LogP contribution in [0.3, 0.4) is 0 Å². The number of carbonyl (C=O) groups excluding carboxylic acids is 1. The fourth-order valence-corrected chi connectivity index (χ4v) is 0.575. The second-order valence-corrected chi connectivity index (χ2v) is 1.82. The summed E-state index contributed by atoms with van der Waals surface area (Å²) < 4.78 is 0. The molecule has 0 aromatic rings. The average molecular weight is 142 g/mol. The van der Waals surface area contributed by atoms with E-state index in [1.54, 1.807) is 11.9 Å². The van der Waals surface area contributed by atoms with Crippen LogP contribution in [-0.2, 0) is 4.79 Å². The summed E-state index contributed by atoms with van der Waals surface area (Å²) in [4.78, 5) is 16.0. The Bertz CT molecular complexity index is 152. The van der Waals surface area contributed by atoms with E-state index in [2.05, 4.69) is 4.99 Å². The molecule has 1 rings (SSSR count). The number of carbonyl (C=O) groups is 1. The van der Waals surface area contributed by atoms with Gasteiger partial charge in [0, 0.05) is 7.05 Å². The van der Waals surface area contributed by atoms with Gasteiger partial charge >= 0.3 is 0 Å². The fourth-order valence-electron chi connectivity index (χ4n) is 0.575. The summed E-state index contributed by atoms with van der Waals surface area (Å²) in [6.07, 6.45) is 0. The van der Waals surface area contributed by atoms with Crippen molar-refractivity contribution in [2.75, 3.05) is 13.6 Å². The first-order valence-corrected chi connectivity index (χ1v) is 3.49. The van der Waals surface area contributed by atoms with Crippen LogP contribution in [0.25, 0.3) is 0 Å². The highest BCUT2D eigenvalue weighted by molar-refractivity contribution is 6.02. The zero-order chi connectivity index (χ0) is 8.15. The molecule has 0 N–H and O–H groups in total. The predicted molar refractivity (Wildman–Crippen MR) is 42.1 cm³/mol. The van der Waals surface area contributed by atoms with Gasteiger partial charge in [-0.25, -0.2) is 0 Å². The molecule has 0 spiro atoms. The van der Waals surface area contributed by atoms with E-state index in [0.29, 0.717) is 6.54 Å². The molecule has 0 fully saturated rings. The Hall–Kier alpha value is -0.860. The molecule has 1 amide bonds. The first-order chi connectivity index (χ1) is 4.72. The van der Waals surface area contributed by atoms with Gasteiger partial charge in [0.1, 0.15) is 12.4 Å². The van der Waals surface area contributed by atoms with Crippen LogP contribution < -0.4 is 0 Å². The highest BCUT2D eigenvalue weighted by atomic mass is 16.2. The predicted octanol–water partition coefficient (Wildman–Crippen LogP) is 0.903. The molecule has 1 heterocycles. The van der Waals surface area contributed by atoms with E-state index in [9.17, 15) is 4.79 Å². The van der Waals surface area contributed by atoms with Gasteiger partial charge in [-0.2, -0.15) is 0 Å². The summed E-state index contributed by atoms with van der Waals surface area (Å²) in [5.74, 6) is 0.900. The summed E-state index contributed by atoms with van der Waals surface area (Å²) in [6, 6.07) is 0. The minimum Gasteiger partial charge on any atom is -0.302 e. The van der Waals surface area contributed by atoms with E-state index in [1.807, 2.05) is 20.8 Å². The van der Waals surface area contributed by atoms with Gasteiger partial charge in [-0.3, -0.25) is 9.79 Å². The van der Waals surface area contributed by atoms with Crippen molar-refractivity contribution in [1.29, 1.82) is 0 Å². The van der Waals surface area contributed by atoms with Crippen LogP contribution in [0, 0.1) is 0 Å². The van der Waals surface area contributed by atoms with Crippen molar-refractivity contribution < 1.29 is 4.79 Å². The highest BCUT2D eigenvalue weighted by Gasteiger charge is 2.15. The number of amidine groups is 1. The van der Waals surface area contributed by atoms with Crippen LogP contribution in [0.2, 0.25) is 0 Å². The highest BCUT2D eigenvalue weighted by Crippen LogP contribution is 1.97. The molecule has 1 aliphatic heterocycles. The normalized spacial score (nSPS) is 16.2. The Kier molecular flexibility index (Phi) is 3.69. The zero-order valence-electron chi connectivity index (χ0n) is 7.01. The van der Waals surface area contributed by atoms with Gasteiger partial charge in [-0.15, -0.1) is 0 Å². The van der Waals surface area contributed by atoms with E-state index in [1.165, 1.54) is 0 Å². The molecule has 0 bridgehead atoms. The Morgan fingerprint density at radius 2 is 2.00 bits per heavy atom. The lowest BCUT2D eigenvalue weighted by molar-refractivity contribution is -0.123. The van der Waals surface area contributed by atoms with Crippen molar-refractivity contribution >= 4 is 11.7 Å². The van der Waals surface area contributed by atoms with E-state index < -0.39 is 0 Å². The van der Waals surface area contributed by atoms with Gasteiger partial charge in [-0.05, 0) is 6.92 Å². The third-order valence-corrected chi connectivity index (χ3v) is 1.30. The maximum atomic E-state index is 10.6. The van der Waals surface area contributed by atoms with Gasteiger partial charge in [0.2, 0.25) is 5.91 Å². The third-order valence-electron chi connectivity index (χ3n) is 1.30. The number of rotatable bonds is 0. The van der Waals surface area contributed by atoms with Crippen molar-refractivity contribution in [3.63, 3.8) is 0 Å². The van der Waals surface area contributed by atoms with E-state index in [-0.39, 0.29) is 5.91 Å². The summed E-state index contributed by atoms with van der Waals surface area (Å²) in [5.41, 5.74) is 0. The summed E-state index contributed by atoms with van der Waals surface area (Å²) >= 11 is 0. The van der Waals surface area contributed by atoms with E-state index >= 15 is 0 Å². The SMILES string of the molecule is CC.CC1=NCC(=O)N1C. The molecule has 0 saturated carbocycles. The average Bonchev–Trinajstić information content (AvgIpc) is 2.25. The first kappa shape index (κ1) is 9.14. The van der Waals surface area contributed by atoms with Crippen LogP contribution in [0.5, 0.6) is 0 Å². The standard InChI is InChI=1S/C5H8N2O.C2H6/c1-4-6-3-5(8)7(4)2;1-2/h3H2,1-2H3;1-2H3. The lowest BCUT2D eigenvalue weighted by Gasteiger charge is -2.05. The largest absolute Gasteiger partial charge is 0.302 e. The molecule has 1 aliphatic rings. The van der Waals surface area contributed by atoms with Crippen molar-refractivity contribution in [3.8, 4) is 0 Å². The monoisotopic (exact) mass is 142 g/mol. The minimum atomic E-state index is 0.0856. The smallest absolute Gasteiger partial charge is 0.249 e. The molecule has 0 unspecified atom stereocenters. The van der Waals surface area contributed by atoms with Gasteiger partial charge in [0.05, 0.1) is 0 Å². The Labute approximate surface area is 61.7 Å². The number of aliphatic imine (C=N–C) groups is 1. The van der Waals surface area contributed by atoms with Crippen molar-refractivity contribution in [2.24, 2.45) is 4.99 Å². The second kappa shape index (κ2) is 4.04. The molecule has 0 aromatic heterocycles. The van der Waals surface area contributed by atoms with Gasteiger partial charge in [-0.1, -0.05) is 13.8 Å². The van der Waals surface area contributed by atoms with Gasteiger partial charge in [0.15, 0.2) is 0 Å². The molecular formula is C7H14N2O. The number of hydrogen-bond donors (Lipinski definition) is 0. The number of hydrogen-bond acceptors (Lipinski definition) is 2. The summed E-state index contributed by atoms with van der Waals surface area (Å²) in [5, 5.41) is 0. The molecular weight excluding hydrogens is 128 g/mol. The zero-order valence-corrected chi connectivity index (χ0v) is 7.01. The molecule has 58 valence electrons. The molecule has 0 saturated heterocycles. The lowest BCUT2D eigenvalue weighted by atomic mass is 10.6. The van der Waals surface area contributed by atoms with Crippen LogP contribution in [0.15, 0.2) is 4.99 Å². The quantitative estimate of drug-likeness (QED) is 0.494. The Morgan fingerprint density at radius 1 is 1.50 bits per heavy atom. The molecule has 3 nitrogen and oxygen atoms in total. The molecule has 3 heteroatoms. The minimum absolute atomic E-state index is 0.0856. The molecule has 10 heavy (non-hydrogen) atoms. The van der Waals surface area contributed by atoms with Crippen LogP contribution in [0.1, 0.15) is 20.8 Å². The maximum absolute atomic E-state index is 10.6. The van der Waals surface area contributed by atoms with Gasteiger partial charge < -0.3 is 4.90 Å². The summed E-state index contributed by atoms with van der Waals surface area (Å²) in [7, 11) is 1.73. The topological polar surface area (TPSA) is 32.7 Å². The molecule has 0 aliphatic carbocycles. The van der Waals surface area contributed by atoms with E-state index in [4.69, 9.17) is 0 Å². The maximum Gasteiger partial charge on any atom is 0.249 e.